The summed E-state index contributed by atoms with van der Waals surface area (Å²) in [5, 5.41) is 12.7. The zero-order valence-corrected chi connectivity index (χ0v) is 13.2. The molecule has 0 aliphatic carbocycles. The Labute approximate surface area is 122 Å². The first-order chi connectivity index (χ1) is 9.22. The molecule has 0 bridgehead atoms. The predicted octanol–water partition coefficient (Wildman–Crippen LogP) is 3.86. The standard InChI is InChI=1S/C16H27NOS/c1-4-10-17-15(5-2)14-8-6-7-9-16(14)19-12-13(3)11-18/h6-9,13,15,17-18H,4-5,10-12H2,1-3H3. The van der Waals surface area contributed by atoms with Crippen LogP contribution in [0, 0.1) is 5.92 Å². The number of aliphatic hydroxyl groups excluding tert-OH is 1. The van der Waals surface area contributed by atoms with Crippen molar-refractivity contribution in [2.45, 2.75) is 44.6 Å². The van der Waals surface area contributed by atoms with Crippen molar-refractivity contribution in [3.8, 4) is 0 Å². The van der Waals surface area contributed by atoms with E-state index in [0.29, 0.717) is 12.0 Å². The van der Waals surface area contributed by atoms with E-state index in [9.17, 15) is 0 Å². The van der Waals surface area contributed by atoms with Crippen LogP contribution >= 0.6 is 11.8 Å². The quantitative estimate of drug-likeness (QED) is 0.674. The molecule has 2 N–H and O–H groups in total. The SMILES string of the molecule is CCCNC(CC)c1ccccc1SCC(C)CO. The molecular formula is C16H27NOS. The molecular weight excluding hydrogens is 254 g/mol. The van der Waals surface area contributed by atoms with Crippen LogP contribution in [-0.2, 0) is 0 Å². The van der Waals surface area contributed by atoms with Gasteiger partial charge in [-0.15, -0.1) is 11.8 Å². The van der Waals surface area contributed by atoms with Crippen LogP contribution in [0.1, 0.15) is 45.2 Å². The van der Waals surface area contributed by atoms with Crippen molar-refractivity contribution < 1.29 is 5.11 Å². The van der Waals surface area contributed by atoms with E-state index in [4.69, 9.17) is 5.11 Å². The molecule has 1 rings (SSSR count). The van der Waals surface area contributed by atoms with E-state index < -0.39 is 0 Å². The van der Waals surface area contributed by atoms with Gasteiger partial charge >= 0.3 is 0 Å². The number of thioether (sulfide) groups is 1. The number of nitrogens with one attached hydrogen (secondary N) is 1. The van der Waals surface area contributed by atoms with E-state index in [-0.39, 0.29) is 6.61 Å². The number of rotatable bonds is 9. The molecule has 0 amide bonds. The fourth-order valence-electron chi connectivity index (χ4n) is 1.98. The Morgan fingerprint density at radius 1 is 1.26 bits per heavy atom. The topological polar surface area (TPSA) is 32.3 Å². The van der Waals surface area contributed by atoms with Crippen LogP contribution in [0.5, 0.6) is 0 Å². The van der Waals surface area contributed by atoms with Gasteiger partial charge in [0.2, 0.25) is 0 Å². The normalized spacial score (nSPS) is 14.3. The van der Waals surface area contributed by atoms with E-state index in [2.05, 4.69) is 50.4 Å². The van der Waals surface area contributed by atoms with E-state index >= 15 is 0 Å². The lowest BCUT2D eigenvalue weighted by molar-refractivity contribution is 0.250. The highest BCUT2D eigenvalue weighted by Gasteiger charge is 2.13. The maximum atomic E-state index is 9.13. The van der Waals surface area contributed by atoms with Crippen LogP contribution in [0.15, 0.2) is 29.2 Å². The lowest BCUT2D eigenvalue weighted by atomic mass is 10.0. The maximum Gasteiger partial charge on any atom is 0.0464 e. The molecule has 1 aromatic rings. The summed E-state index contributed by atoms with van der Waals surface area (Å²) in [5.74, 6) is 1.32. The second kappa shape index (κ2) is 9.40. The molecule has 1 aromatic carbocycles. The minimum Gasteiger partial charge on any atom is -0.396 e. The predicted molar refractivity (Wildman–Crippen MR) is 84.7 cm³/mol. The molecule has 0 spiro atoms. The minimum absolute atomic E-state index is 0.264. The summed E-state index contributed by atoms with van der Waals surface area (Å²) >= 11 is 1.86. The minimum atomic E-state index is 0.264. The van der Waals surface area contributed by atoms with Gasteiger partial charge in [0.1, 0.15) is 0 Å². The smallest absolute Gasteiger partial charge is 0.0464 e. The van der Waals surface area contributed by atoms with Crippen LogP contribution in [0.3, 0.4) is 0 Å². The Bertz CT molecular complexity index is 356. The summed E-state index contributed by atoms with van der Waals surface area (Å²) in [6, 6.07) is 9.07. The number of benzene rings is 1. The summed E-state index contributed by atoms with van der Waals surface area (Å²) in [4.78, 5) is 1.35. The zero-order chi connectivity index (χ0) is 14.1. The molecule has 0 aliphatic heterocycles. The van der Waals surface area contributed by atoms with Gasteiger partial charge in [-0.05, 0) is 36.9 Å². The fraction of sp³-hybridized carbons (Fsp3) is 0.625. The highest BCUT2D eigenvalue weighted by atomic mass is 32.2. The highest BCUT2D eigenvalue weighted by Crippen LogP contribution is 2.30. The molecule has 0 aromatic heterocycles. The van der Waals surface area contributed by atoms with Crippen molar-refractivity contribution in [3.63, 3.8) is 0 Å². The molecule has 108 valence electrons. The second-order valence-corrected chi connectivity index (χ2v) is 6.11. The molecule has 0 saturated carbocycles. The number of hydrogen-bond donors (Lipinski definition) is 2. The van der Waals surface area contributed by atoms with Gasteiger partial charge in [0, 0.05) is 23.3 Å². The second-order valence-electron chi connectivity index (χ2n) is 5.05. The Kier molecular flexibility index (Phi) is 8.19. The first-order valence-corrected chi connectivity index (χ1v) is 8.27. The molecule has 2 nitrogen and oxygen atoms in total. The zero-order valence-electron chi connectivity index (χ0n) is 12.4. The van der Waals surface area contributed by atoms with Crippen molar-refractivity contribution in [1.82, 2.24) is 5.32 Å². The summed E-state index contributed by atoms with van der Waals surface area (Å²) in [5.41, 5.74) is 1.40. The monoisotopic (exact) mass is 281 g/mol. The third kappa shape index (κ3) is 5.55. The van der Waals surface area contributed by atoms with Crippen LogP contribution in [0.25, 0.3) is 0 Å². The lowest BCUT2D eigenvalue weighted by Crippen LogP contribution is -2.22. The van der Waals surface area contributed by atoms with E-state index in [1.54, 1.807) is 0 Å². The van der Waals surface area contributed by atoms with E-state index in [0.717, 1.165) is 25.1 Å². The van der Waals surface area contributed by atoms with E-state index in [1.165, 1.54) is 10.5 Å². The molecule has 0 fully saturated rings. The first-order valence-electron chi connectivity index (χ1n) is 7.28. The third-order valence-corrected chi connectivity index (χ3v) is 4.60. The Morgan fingerprint density at radius 3 is 2.63 bits per heavy atom. The van der Waals surface area contributed by atoms with Gasteiger partial charge in [-0.1, -0.05) is 39.0 Å². The van der Waals surface area contributed by atoms with Crippen LogP contribution in [0.4, 0.5) is 0 Å². The molecule has 0 saturated heterocycles. The van der Waals surface area contributed by atoms with Gasteiger partial charge in [0.05, 0.1) is 0 Å². The average molecular weight is 281 g/mol. The summed E-state index contributed by atoms with van der Waals surface area (Å²) in [7, 11) is 0. The fourth-order valence-corrected chi connectivity index (χ4v) is 3.10. The van der Waals surface area contributed by atoms with Crippen LogP contribution in [-0.4, -0.2) is 24.0 Å². The summed E-state index contributed by atoms with van der Waals surface area (Å²) in [6.07, 6.45) is 2.26. The average Bonchev–Trinajstić information content (AvgIpc) is 2.46. The van der Waals surface area contributed by atoms with Crippen molar-refractivity contribution in [3.05, 3.63) is 29.8 Å². The molecule has 0 heterocycles. The number of hydrogen-bond acceptors (Lipinski definition) is 3. The van der Waals surface area contributed by atoms with Crippen molar-refractivity contribution >= 4 is 11.8 Å². The van der Waals surface area contributed by atoms with Gasteiger partial charge in [0.25, 0.3) is 0 Å². The van der Waals surface area contributed by atoms with E-state index in [1.807, 2.05) is 11.8 Å². The molecule has 2 atom stereocenters. The Balaban J connectivity index is 2.75. The van der Waals surface area contributed by atoms with Crippen molar-refractivity contribution in [2.24, 2.45) is 5.92 Å². The molecule has 0 radical (unpaired) electrons. The van der Waals surface area contributed by atoms with Crippen molar-refractivity contribution in [2.75, 3.05) is 18.9 Å². The lowest BCUT2D eigenvalue weighted by Gasteiger charge is -2.20. The summed E-state index contributed by atoms with van der Waals surface area (Å²) < 4.78 is 0. The Hall–Kier alpha value is -0.510. The first kappa shape index (κ1) is 16.5. The molecule has 19 heavy (non-hydrogen) atoms. The maximum absolute atomic E-state index is 9.13. The third-order valence-electron chi connectivity index (χ3n) is 3.18. The molecule has 2 unspecified atom stereocenters. The van der Waals surface area contributed by atoms with Gasteiger partial charge in [-0.2, -0.15) is 0 Å². The van der Waals surface area contributed by atoms with Crippen molar-refractivity contribution in [1.29, 1.82) is 0 Å². The van der Waals surface area contributed by atoms with Gasteiger partial charge in [0.15, 0.2) is 0 Å². The summed E-state index contributed by atoms with van der Waals surface area (Å²) in [6.45, 7) is 7.84. The van der Waals surface area contributed by atoms with Gasteiger partial charge in [-0.25, -0.2) is 0 Å². The number of aliphatic hydroxyl groups is 1. The molecule has 3 heteroatoms. The van der Waals surface area contributed by atoms with Gasteiger partial charge < -0.3 is 10.4 Å². The highest BCUT2D eigenvalue weighted by molar-refractivity contribution is 7.99. The van der Waals surface area contributed by atoms with Crippen LogP contribution < -0.4 is 5.32 Å². The Morgan fingerprint density at radius 2 is 2.00 bits per heavy atom. The largest absolute Gasteiger partial charge is 0.396 e. The van der Waals surface area contributed by atoms with Crippen LogP contribution in [0.2, 0.25) is 0 Å². The molecule has 0 aliphatic rings. The van der Waals surface area contributed by atoms with Gasteiger partial charge in [-0.3, -0.25) is 0 Å².